The number of nitrogens with one attached hydrogen (secondary N) is 1. The number of hydrogen-bond acceptors (Lipinski definition) is 2. The van der Waals surface area contributed by atoms with E-state index in [1.807, 2.05) is 0 Å². The third-order valence-electron chi connectivity index (χ3n) is 2.71. The van der Waals surface area contributed by atoms with Crippen LogP contribution >= 0.6 is 15.9 Å². The van der Waals surface area contributed by atoms with Gasteiger partial charge in [-0.1, -0.05) is 22.0 Å². The zero-order chi connectivity index (χ0) is 14.0. The van der Waals surface area contributed by atoms with E-state index in [4.69, 9.17) is 5.84 Å². The van der Waals surface area contributed by atoms with E-state index in [1.54, 1.807) is 0 Å². The molecule has 100 valence electrons. The molecule has 6 heteroatoms. The van der Waals surface area contributed by atoms with Crippen LogP contribution in [-0.4, -0.2) is 0 Å². The number of nitrogens with two attached hydrogens (primary N) is 1. The van der Waals surface area contributed by atoms with E-state index in [-0.39, 0.29) is 5.56 Å². The van der Waals surface area contributed by atoms with E-state index in [1.165, 1.54) is 24.3 Å². The summed E-state index contributed by atoms with van der Waals surface area (Å²) in [5, 5.41) is 0. The highest BCUT2D eigenvalue weighted by molar-refractivity contribution is 9.10. The van der Waals surface area contributed by atoms with Crippen LogP contribution in [0.15, 0.2) is 40.9 Å². The Morgan fingerprint density at radius 1 is 0.947 bits per heavy atom. The predicted molar refractivity (Wildman–Crippen MR) is 69.6 cm³/mol. The van der Waals surface area contributed by atoms with E-state index in [9.17, 15) is 13.2 Å². The van der Waals surface area contributed by atoms with Crippen molar-refractivity contribution in [3.8, 4) is 0 Å². The molecule has 1 atom stereocenters. The van der Waals surface area contributed by atoms with Crippen molar-refractivity contribution in [3.63, 3.8) is 0 Å². The molecular formula is C13H10BrF3N2. The molecule has 0 amide bonds. The van der Waals surface area contributed by atoms with Crippen LogP contribution in [0.3, 0.4) is 0 Å². The number of rotatable bonds is 3. The lowest BCUT2D eigenvalue weighted by atomic mass is 9.98. The standard InChI is InChI=1S/C13H10BrF3N2/c14-11-4-2-7(15)5-10(11)13(19-18)9-3-1-8(16)6-12(9)17/h1-6,13,19H,18H2. The number of hydrogen-bond donors (Lipinski definition) is 2. The summed E-state index contributed by atoms with van der Waals surface area (Å²) in [6, 6.07) is 6.36. The predicted octanol–water partition coefficient (Wildman–Crippen LogP) is 3.42. The first-order valence-electron chi connectivity index (χ1n) is 5.39. The minimum absolute atomic E-state index is 0.134. The molecule has 1 unspecified atom stereocenters. The first-order chi connectivity index (χ1) is 9.02. The Kier molecular flexibility index (Phi) is 4.24. The summed E-state index contributed by atoms with van der Waals surface area (Å²) in [5.74, 6) is 3.50. The molecule has 0 fully saturated rings. The SMILES string of the molecule is NNC(c1ccc(F)cc1F)c1cc(F)ccc1Br. The molecule has 0 aliphatic heterocycles. The fourth-order valence-electron chi connectivity index (χ4n) is 1.82. The lowest BCUT2D eigenvalue weighted by molar-refractivity contribution is 0.538. The molecule has 2 aromatic carbocycles. The van der Waals surface area contributed by atoms with Crippen LogP contribution in [0.4, 0.5) is 13.2 Å². The average molecular weight is 331 g/mol. The molecule has 3 N–H and O–H groups in total. The van der Waals surface area contributed by atoms with Gasteiger partial charge in [0.2, 0.25) is 0 Å². The summed E-state index contributed by atoms with van der Waals surface area (Å²) < 4.78 is 40.5. The van der Waals surface area contributed by atoms with Crippen LogP contribution in [0.2, 0.25) is 0 Å². The molecule has 2 nitrogen and oxygen atoms in total. The molecule has 0 spiro atoms. The molecule has 0 saturated carbocycles. The van der Waals surface area contributed by atoms with Crippen LogP contribution < -0.4 is 11.3 Å². The van der Waals surface area contributed by atoms with Gasteiger partial charge in [-0.2, -0.15) is 0 Å². The van der Waals surface area contributed by atoms with E-state index in [2.05, 4.69) is 21.4 Å². The zero-order valence-corrected chi connectivity index (χ0v) is 11.2. The summed E-state index contributed by atoms with van der Waals surface area (Å²) in [6.45, 7) is 0. The van der Waals surface area contributed by atoms with Crippen molar-refractivity contribution in [1.29, 1.82) is 0 Å². The Morgan fingerprint density at radius 3 is 2.21 bits per heavy atom. The number of benzene rings is 2. The largest absolute Gasteiger partial charge is 0.271 e. The highest BCUT2D eigenvalue weighted by Gasteiger charge is 2.20. The average Bonchev–Trinajstić information content (AvgIpc) is 2.36. The van der Waals surface area contributed by atoms with Crippen molar-refractivity contribution in [2.24, 2.45) is 5.84 Å². The Labute approximate surface area is 116 Å². The van der Waals surface area contributed by atoms with Crippen molar-refractivity contribution in [1.82, 2.24) is 5.43 Å². The Balaban J connectivity index is 2.52. The minimum Gasteiger partial charge on any atom is -0.271 e. The van der Waals surface area contributed by atoms with Gasteiger partial charge in [0.15, 0.2) is 0 Å². The zero-order valence-electron chi connectivity index (χ0n) is 9.63. The van der Waals surface area contributed by atoms with Gasteiger partial charge in [-0.3, -0.25) is 5.84 Å². The van der Waals surface area contributed by atoms with Gasteiger partial charge in [-0.15, -0.1) is 0 Å². The summed E-state index contributed by atoms with van der Waals surface area (Å²) in [4.78, 5) is 0. The van der Waals surface area contributed by atoms with Gasteiger partial charge in [0.05, 0.1) is 6.04 Å². The maximum absolute atomic E-state index is 13.8. The third kappa shape index (κ3) is 2.97. The number of hydrazine groups is 1. The fraction of sp³-hybridized carbons (Fsp3) is 0.0769. The minimum atomic E-state index is -0.786. The maximum Gasteiger partial charge on any atom is 0.131 e. The quantitative estimate of drug-likeness (QED) is 0.668. The first-order valence-corrected chi connectivity index (χ1v) is 6.18. The van der Waals surface area contributed by atoms with Crippen molar-refractivity contribution in [2.75, 3.05) is 0 Å². The molecule has 0 saturated heterocycles. The van der Waals surface area contributed by atoms with Crippen molar-refractivity contribution < 1.29 is 13.2 Å². The lowest BCUT2D eigenvalue weighted by Gasteiger charge is -2.19. The van der Waals surface area contributed by atoms with E-state index < -0.39 is 23.5 Å². The fourth-order valence-corrected chi connectivity index (χ4v) is 2.29. The molecule has 0 aliphatic rings. The van der Waals surface area contributed by atoms with Gasteiger partial charge < -0.3 is 0 Å². The monoisotopic (exact) mass is 330 g/mol. The first kappa shape index (κ1) is 14.0. The topological polar surface area (TPSA) is 38.0 Å². The Morgan fingerprint density at radius 2 is 1.58 bits per heavy atom. The van der Waals surface area contributed by atoms with E-state index >= 15 is 0 Å². The van der Waals surface area contributed by atoms with Gasteiger partial charge in [0.25, 0.3) is 0 Å². The van der Waals surface area contributed by atoms with E-state index in [0.29, 0.717) is 10.0 Å². The van der Waals surface area contributed by atoms with Crippen LogP contribution in [0, 0.1) is 17.5 Å². The number of halogens is 4. The highest BCUT2D eigenvalue weighted by Crippen LogP contribution is 2.30. The molecule has 2 aromatic rings. The summed E-state index contributed by atoms with van der Waals surface area (Å²) in [6.07, 6.45) is 0. The summed E-state index contributed by atoms with van der Waals surface area (Å²) in [5.41, 5.74) is 2.96. The van der Waals surface area contributed by atoms with Crippen LogP contribution in [0.5, 0.6) is 0 Å². The Hall–Kier alpha value is -1.37. The highest BCUT2D eigenvalue weighted by atomic mass is 79.9. The van der Waals surface area contributed by atoms with Gasteiger partial charge in [0.1, 0.15) is 17.5 Å². The van der Waals surface area contributed by atoms with Crippen molar-refractivity contribution in [2.45, 2.75) is 6.04 Å². The molecule has 19 heavy (non-hydrogen) atoms. The molecule has 0 bridgehead atoms. The van der Waals surface area contributed by atoms with Crippen molar-refractivity contribution in [3.05, 3.63) is 69.4 Å². The molecular weight excluding hydrogens is 321 g/mol. The van der Waals surface area contributed by atoms with Crippen LogP contribution in [0.1, 0.15) is 17.2 Å². The lowest BCUT2D eigenvalue weighted by Crippen LogP contribution is -2.30. The normalized spacial score (nSPS) is 12.5. The molecule has 0 aromatic heterocycles. The van der Waals surface area contributed by atoms with Crippen molar-refractivity contribution >= 4 is 15.9 Å². The van der Waals surface area contributed by atoms with Gasteiger partial charge in [-0.05, 0) is 29.8 Å². The van der Waals surface area contributed by atoms with Gasteiger partial charge in [0, 0.05) is 16.1 Å². The molecule has 0 radical (unpaired) electrons. The summed E-state index contributed by atoms with van der Waals surface area (Å²) >= 11 is 3.25. The maximum atomic E-state index is 13.8. The van der Waals surface area contributed by atoms with E-state index in [0.717, 1.165) is 12.1 Å². The van der Waals surface area contributed by atoms with Gasteiger partial charge in [-0.25, -0.2) is 18.6 Å². The summed E-state index contributed by atoms with van der Waals surface area (Å²) in [7, 11) is 0. The molecule has 0 heterocycles. The van der Waals surface area contributed by atoms with Crippen LogP contribution in [-0.2, 0) is 0 Å². The third-order valence-corrected chi connectivity index (χ3v) is 3.43. The molecule has 2 rings (SSSR count). The second-order valence-electron chi connectivity index (χ2n) is 3.93. The van der Waals surface area contributed by atoms with Crippen LogP contribution in [0.25, 0.3) is 0 Å². The second-order valence-corrected chi connectivity index (χ2v) is 4.79. The van der Waals surface area contributed by atoms with Gasteiger partial charge >= 0.3 is 0 Å². The Bertz CT molecular complexity index is 604. The smallest absolute Gasteiger partial charge is 0.131 e. The second kappa shape index (κ2) is 5.73. The molecule has 0 aliphatic carbocycles.